The van der Waals surface area contributed by atoms with Crippen LogP contribution in [0, 0.1) is 5.92 Å². The third-order valence-corrected chi connectivity index (χ3v) is 5.29. The molecule has 106 valence electrons. The van der Waals surface area contributed by atoms with Crippen molar-refractivity contribution >= 4 is 45.3 Å². The smallest absolute Gasteiger partial charge is 0.318 e. The van der Waals surface area contributed by atoms with Crippen molar-refractivity contribution in [3.63, 3.8) is 0 Å². The Balaban J connectivity index is 2.19. The van der Waals surface area contributed by atoms with E-state index in [1.54, 1.807) is 0 Å². The summed E-state index contributed by atoms with van der Waals surface area (Å²) in [5.41, 5.74) is 5.91. The normalized spacial score (nSPS) is 12.6. The summed E-state index contributed by atoms with van der Waals surface area (Å²) in [6.07, 6.45) is 0. The van der Waals surface area contributed by atoms with Crippen LogP contribution in [0.2, 0.25) is 0 Å². The number of aromatic nitrogens is 1. The van der Waals surface area contributed by atoms with E-state index >= 15 is 0 Å². The summed E-state index contributed by atoms with van der Waals surface area (Å²) in [6, 6.07) is 6.98. The van der Waals surface area contributed by atoms with Gasteiger partial charge in [0.1, 0.15) is 0 Å². The fourth-order valence-electron chi connectivity index (χ4n) is 1.70. The van der Waals surface area contributed by atoms with E-state index < -0.39 is 11.3 Å². The molecule has 0 aliphatic carbocycles. The molecule has 0 spiro atoms. The van der Waals surface area contributed by atoms with Gasteiger partial charge in [0, 0.05) is 0 Å². The quantitative estimate of drug-likeness (QED) is 0.850. The molecule has 20 heavy (non-hydrogen) atoms. The van der Waals surface area contributed by atoms with E-state index in [-0.39, 0.29) is 11.8 Å². The molecule has 3 N–H and O–H groups in total. The van der Waals surface area contributed by atoms with Crippen LogP contribution in [0.25, 0.3) is 10.2 Å². The van der Waals surface area contributed by atoms with Crippen molar-refractivity contribution in [3.05, 3.63) is 24.3 Å². The molecule has 0 saturated carbocycles. The summed E-state index contributed by atoms with van der Waals surface area (Å²) in [4.78, 5) is 27.2. The molecule has 2 rings (SSSR count). The maximum atomic E-state index is 12.0. The number of rotatable bonds is 4. The lowest BCUT2D eigenvalue weighted by molar-refractivity contribution is -0.120. The van der Waals surface area contributed by atoms with Crippen LogP contribution < -0.4 is 11.1 Å². The van der Waals surface area contributed by atoms with Gasteiger partial charge in [-0.3, -0.25) is 10.1 Å². The van der Waals surface area contributed by atoms with Crippen LogP contribution in [0.4, 0.5) is 4.79 Å². The lowest BCUT2D eigenvalue weighted by Crippen LogP contribution is -2.42. The van der Waals surface area contributed by atoms with Crippen molar-refractivity contribution in [1.82, 2.24) is 10.3 Å². The maximum Gasteiger partial charge on any atom is 0.318 e. The van der Waals surface area contributed by atoms with Gasteiger partial charge in [0.25, 0.3) is 0 Å². The van der Waals surface area contributed by atoms with E-state index in [0.29, 0.717) is 0 Å². The Hall–Kier alpha value is -1.60. The van der Waals surface area contributed by atoms with Crippen LogP contribution in [0.15, 0.2) is 28.6 Å². The second kappa shape index (κ2) is 6.23. The SMILES string of the molecule is CC(C)[C@@H](Sc1nc2ccccc2s1)C(=O)NC(N)=O. The molecule has 0 fully saturated rings. The molecule has 1 atom stereocenters. The molecule has 1 aromatic heterocycles. The predicted molar refractivity (Wildman–Crippen MR) is 81.8 cm³/mol. The van der Waals surface area contributed by atoms with Crippen molar-refractivity contribution in [2.45, 2.75) is 23.4 Å². The zero-order valence-corrected chi connectivity index (χ0v) is 12.8. The number of hydrogen-bond acceptors (Lipinski definition) is 5. The fraction of sp³-hybridized carbons (Fsp3) is 0.308. The number of imide groups is 1. The van der Waals surface area contributed by atoms with Crippen molar-refractivity contribution in [2.24, 2.45) is 11.7 Å². The Kier molecular flexibility index (Phi) is 4.61. The molecule has 0 aliphatic heterocycles. The number of benzene rings is 1. The minimum atomic E-state index is -0.828. The van der Waals surface area contributed by atoms with Crippen molar-refractivity contribution in [1.29, 1.82) is 0 Å². The van der Waals surface area contributed by atoms with Gasteiger partial charge in [-0.25, -0.2) is 9.78 Å². The Bertz CT molecular complexity index is 606. The number of nitrogens with zero attached hydrogens (tertiary/aromatic N) is 1. The second-order valence-electron chi connectivity index (χ2n) is 4.58. The molecule has 0 saturated heterocycles. The Labute approximate surface area is 124 Å². The topological polar surface area (TPSA) is 85.1 Å². The van der Waals surface area contributed by atoms with Crippen LogP contribution in [0.5, 0.6) is 0 Å². The summed E-state index contributed by atoms with van der Waals surface area (Å²) in [5.74, 6) is -0.317. The van der Waals surface area contributed by atoms with Gasteiger partial charge in [-0.2, -0.15) is 0 Å². The van der Waals surface area contributed by atoms with Gasteiger partial charge in [0.05, 0.1) is 15.5 Å². The van der Waals surface area contributed by atoms with E-state index in [1.807, 2.05) is 38.1 Å². The van der Waals surface area contributed by atoms with Crippen LogP contribution in [-0.4, -0.2) is 22.2 Å². The van der Waals surface area contributed by atoms with Crippen molar-refractivity contribution < 1.29 is 9.59 Å². The molecule has 1 heterocycles. The van der Waals surface area contributed by atoms with Crippen LogP contribution in [0.1, 0.15) is 13.8 Å². The van der Waals surface area contributed by atoms with Crippen LogP contribution in [-0.2, 0) is 4.79 Å². The highest BCUT2D eigenvalue weighted by molar-refractivity contribution is 8.02. The number of nitrogens with one attached hydrogen (secondary N) is 1. The minimum Gasteiger partial charge on any atom is -0.351 e. The Morgan fingerprint density at radius 1 is 1.35 bits per heavy atom. The average Bonchev–Trinajstić information content (AvgIpc) is 2.76. The number of carbonyl (C=O) groups is 2. The number of amides is 3. The molecule has 0 aliphatic rings. The molecule has 5 nitrogen and oxygen atoms in total. The predicted octanol–water partition coefficient (Wildman–Crippen LogP) is 2.61. The maximum absolute atomic E-state index is 12.0. The highest BCUT2D eigenvalue weighted by Gasteiger charge is 2.25. The highest BCUT2D eigenvalue weighted by atomic mass is 32.2. The second-order valence-corrected chi connectivity index (χ2v) is 7.00. The standard InChI is InChI=1S/C13H15N3O2S2/c1-7(2)10(11(17)16-12(14)18)20-13-15-8-5-3-4-6-9(8)19-13/h3-7,10H,1-2H3,(H3,14,16,17,18)/t10-/m1/s1. The number of thioether (sulfide) groups is 1. The van der Waals surface area contributed by atoms with E-state index in [4.69, 9.17) is 5.73 Å². The first kappa shape index (κ1) is 14.8. The molecular formula is C13H15N3O2S2. The number of nitrogens with two attached hydrogens (primary N) is 1. The zero-order chi connectivity index (χ0) is 14.7. The third kappa shape index (κ3) is 3.49. The van der Waals surface area contributed by atoms with Gasteiger partial charge >= 0.3 is 6.03 Å². The summed E-state index contributed by atoms with van der Waals surface area (Å²) in [6.45, 7) is 3.84. The molecule has 0 bridgehead atoms. The van der Waals surface area contributed by atoms with Gasteiger partial charge in [0.2, 0.25) is 5.91 Å². The molecule has 1 aromatic carbocycles. The van der Waals surface area contributed by atoms with Gasteiger partial charge in [0.15, 0.2) is 4.34 Å². The van der Waals surface area contributed by atoms with Crippen LogP contribution >= 0.6 is 23.1 Å². The number of thiazole rings is 1. The molecule has 0 radical (unpaired) electrons. The number of hydrogen-bond donors (Lipinski definition) is 2. The summed E-state index contributed by atoms with van der Waals surface area (Å²) in [5, 5.41) is 1.73. The number of urea groups is 1. The average molecular weight is 309 g/mol. The van der Waals surface area contributed by atoms with Gasteiger partial charge in [-0.15, -0.1) is 11.3 Å². The molecule has 2 aromatic rings. The molecule has 7 heteroatoms. The van der Waals surface area contributed by atoms with E-state index in [2.05, 4.69) is 10.3 Å². The van der Waals surface area contributed by atoms with E-state index in [9.17, 15) is 9.59 Å². The summed E-state index contributed by atoms with van der Waals surface area (Å²) in [7, 11) is 0. The monoisotopic (exact) mass is 309 g/mol. The Morgan fingerprint density at radius 3 is 2.65 bits per heavy atom. The first-order chi connectivity index (χ1) is 9.47. The summed E-state index contributed by atoms with van der Waals surface area (Å²) >= 11 is 2.90. The van der Waals surface area contributed by atoms with E-state index in [1.165, 1.54) is 23.1 Å². The first-order valence-electron chi connectivity index (χ1n) is 6.10. The number of para-hydroxylation sites is 1. The van der Waals surface area contributed by atoms with Crippen LogP contribution in [0.3, 0.4) is 0 Å². The third-order valence-electron chi connectivity index (χ3n) is 2.61. The van der Waals surface area contributed by atoms with Crippen molar-refractivity contribution in [3.8, 4) is 0 Å². The number of fused-ring (bicyclic) bond motifs is 1. The molecule has 0 unspecified atom stereocenters. The first-order valence-corrected chi connectivity index (χ1v) is 7.79. The minimum absolute atomic E-state index is 0.0614. The Morgan fingerprint density at radius 2 is 2.05 bits per heavy atom. The van der Waals surface area contributed by atoms with Gasteiger partial charge in [-0.1, -0.05) is 37.7 Å². The lowest BCUT2D eigenvalue weighted by atomic mass is 10.1. The highest BCUT2D eigenvalue weighted by Crippen LogP contribution is 2.34. The van der Waals surface area contributed by atoms with Gasteiger partial charge < -0.3 is 5.73 Å². The molecule has 3 amide bonds. The van der Waals surface area contributed by atoms with Crippen molar-refractivity contribution in [2.75, 3.05) is 0 Å². The fourth-order valence-corrected chi connectivity index (χ4v) is 3.97. The lowest BCUT2D eigenvalue weighted by Gasteiger charge is -2.17. The zero-order valence-electron chi connectivity index (χ0n) is 11.1. The largest absolute Gasteiger partial charge is 0.351 e. The van der Waals surface area contributed by atoms with E-state index in [0.717, 1.165) is 14.6 Å². The molecular weight excluding hydrogens is 294 g/mol. The number of carbonyl (C=O) groups excluding carboxylic acids is 2. The summed E-state index contributed by atoms with van der Waals surface area (Å²) < 4.78 is 1.89. The number of primary amides is 1. The van der Waals surface area contributed by atoms with Gasteiger partial charge in [-0.05, 0) is 18.1 Å².